The van der Waals surface area contributed by atoms with E-state index < -0.39 is 34.5 Å². The van der Waals surface area contributed by atoms with Crippen LogP contribution >= 0.6 is 85.0 Å². The molecule has 0 radical (unpaired) electrons. The van der Waals surface area contributed by atoms with Crippen LogP contribution in [0.15, 0.2) is 61.7 Å². The van der Waals surface area contributed by atoms with Gasteiger partial charge < -0.3 is 19.7 Å². The van der Waals surface area contributed by atoms with Crippen molar-refractivity contribution in [3.63, 3.8) is 0 Å². The molecule has 10 nitrogen and oxygen atoms in total. The van der Waals surface area contributed by atoms with Crippen molar-refractivity contribution in [1.29, 1.82) is 0 Å². The zero-order valence-corrected chi connectivity index (χ0v) is 42.2. The Hall–Kier alpha value is -2.29. The third kappa shape index (κ3) is 19.5. The summed E-state index contributed by atoms with van der Waals surface area (Å²) in [5, 5.41) is 4.57. The maximum atomic E-state index is 12.9. The molecular weight excluding hydrogens is 898 g/mol. The van der Waals surface area contributed by atoms with Gasteiger partial charge in [-0.3, -0.25) is 19.4 Å². The lowest BCUT2D eigenvalue weighted by Crippen LogP contribution is -2.55. The fraction of sp³-hybridized carbons (Fsp3) is 0.524. The van der Waals surface area contributed by atoms with Crippen LogP contribution in [0.4, 0.5) is 9.59 Å². The Morgan fingerprint density at radius 3 is 1.34 bits per heavy atom. The number of carbonyl (C=O) groups is 4. The molecule has 0 aliphatic heterocycles. The van der Waals surface area contributed by atoms with E-state index in [2.05, 4.69) is 18.5 Å². The minimum atomic E-state index is -0.919. The van der Waals surface area contributed by atoms with Gasteiger partial charge in [0.05, 0.1) is 31.2 Å². The number of benzene rings is 2. The van der Waals surface area contributed by atoms with Gasteiger partial charge in [-0.1, -0.05) is 84.5 Å². The largest absolute Gasteiger partial charge is 0.444 e. The van der Waals surface area contributed by atoms with Gasteiger partial charge in [0.1, 0.15) is 11.2 Å². The second kappa shape index (κ2) is 27.6. The number of carbonyl (C=O) groups excluding carboxylic acids is 4. The Labute approximate surface area is 392 Å². The minimum absolute atomic E-state index is 0. The van der Waals surface area contributed by atoms with Crippen LogP contribution in [0.5, 0.6) is 0 Å². The highest BCUT2D eigenvalue weighted by Crippen LogP contribution is 2.38. The smallest absolute Gasteiger partial charge is 0.410 e. The van der Waals surface area contributed by atoms with Crippen LogP contribution in [0, 0.1) is 0 Å². The van der Waals surface area contributed by atoms with E-state index in [1.807, 2.05) is 40.0 Å². The zero-order chi connectivity index (χ0) is 44.5. The maximum Gasteiger partial charge on any atom is 0.410 e. The van der Waals surface area contributed by atoms with Gasteiger partial charge in [-0.25, -0.2) is 9.59 Å². The summed E-state index contributed by atoms with van der Waals surface area (Å²) < 4.78 is 11.1. The van der Waals surface area contributed by atoms with Gasteiger partial charge >= 0.3 is 12.2 Å². The lowest BCUT2D eigenvalue weighted by atomic mass is 9.84. The predicted octanol–water partition coefficient (Wildman–Crippen LogP) is 11.7. The van der Waals surface area contributed by atoms with Crippen molar-refractivity contribution in [1.82, 2.24) is 20.0 Å². The summed E-state index contributed by atoms with van der Waals surface area (Å²) in [4.78, 5) is 52.2. The number of hydrogen-bond donors (Lipinski definition) is 1. The number of halogens is 5. The van der Waals surface area contributed by atoms with Gasteiger partial charge in [-0.2, -0.15) is 27.0 Å². The molecule has 0 spiro atoms. The van der Waals surface area contributed by atoms with Crippen molar-refractivity contribution in [3.8, 4) is 0 Å². The first kappa shape index (κ1) is 61.0. The molecule has 3 amide bonds. The van der Waals surface area contributed by atoms with Crippen LogP contribution < -0.4 is 5.32 Å². The van der Waals surface area contributed by atoms with E-state index in [0.717, 1.165) is 11.1 Å². The van der Waals surface area contributed by atoms with Gasteiger partial charge in [0, 0.05) is 47.1 Å². The number of likely N-dealkylation sites (N-methyl/N-ethyl adjacent to an activating group) is 4. The number of amides is 3. The van der Waals surface area contributed by atoms with Crippen molar-refractivity contribution in [3.05, 3.63) is 92.9 Å². The highest BCUT2D eigenvalue weighted by atomic mass is 35.5. The number of hydrogen-bond acceptors (Lipinski definition) is 7. The molecule has 0 heterocycles. The molecule has 0 aromatic heterocycles. The standard InChI is InChI=1S/C21H30Cl2N2O3.C18H26Cl2N2O2.C3H5ClO.2H2S/c1-8-12-21(14-24(6)18(26)9-2,15-10-11-16(22)17(23)13-15)25(7)19(27)28-20(3,4)5;1-7-10-18(12-21-5,13-8-9-14(19)15(20)11-13)22(6)16(23)24-17(2,3)4;1-2-3(4)5;;/h8,10-11,13H,1,9,12,14H2,2-7H3;7-9,11,21H,1,10,12H2,2-6H3;2H2,1H3;2*1H2/t21-;18-;;;/m11.../s1. The molecule has 17 heteroatoms. The van der Waals surface area contributed by atoms with Crippen LogP contribution in [0.3, 0.4) is 0 Å². The van der Waals surface area contributed by atoms with E-state index in [4.69, 9.17) is 67.5 Å². The molecule has 336 valence electrons. The third-order valence-electron chi connectivity index (χ3n) is 8.47. The Balaban J connectivity index is -0.000000931. The molecule has 2 rings (SSSR count). The summed E-state index contributed by atoms with van der Waals surface area (Å²) in [6.07, 6.45) is 4.29. The Kier molecular flexibility index (Phi) is 28.6. The van der Waals surface area contributed by atoms with E-state index in [1.165, 1.54) is 4.90 Å². The predicted molar refractivity (Wildman–Crippen MR) is 258 cm³/mol. The van der Waals surface area contributed by atoms with Gasteiger partial charge in [0.2, 0.25) is 11.1 Å². The second-order valence-corrected chi connectivity index (χ2v) is 17.3. The van der Waals surface area contributed by atoms with Crippen LogP contribution in [0.2, 0.25) is 20.1 Å². The molecule has 0 bridgehead atoms. The molecule has 1 N–H and O–H groups in total. The monoisotopic (exact) mass is 960 g/mol. The maximum absolute atomic E-state index is 12.9. The molecule has 0 saturated heterocycles. The third-order valence-corrected chi connectivity index (χ3v) is 10.2. The van der Waals surface area contributed by atoms with Gasteiger partial charge in [0.25, 0.3) is 0 Å². The number of ether oxygens (including phenoxy) is 2. The topological polar surface area (TPSA) is 108 Å². The molecule has 0 aliphatic carbocycles. The van der Waals surface area contributed by atoms with E-state index in [9.17, 15) is 19.2 Å². The summed E-state index contributed by atoms with van der Waals surface area (Å²) in [6, 6.07) is 10.6. The number of rotatable bonds is 14. The first-order valence-corrected chi connectivity index (χ1v) is 20.2. The average Bonchev–Trinajstić information content (AvgIpc) is 3.11. The van der Waals surface area contributed by atoms with Gasteiger partial charge in [-0.05, 0) is 108 Å². The number of nitrogens with one attached hydrogen (secondary N) is 1. The van der Waals surface area contributed by atoms with E-state index >= 15 is 0 Å². The zero-order valence-electron chi connectivity index (χ0n) is 36.5. The van der Waals surface area contributed by atoms with Crippen LogP contribution in [0.1, 0.15) is 92.2 Å². The van der Waals surface area contributed by atoms with Crippen molar-refractivity contribution < 1.29 is 28.7 Å². The normalized spacial score (nSPS) is 12.7. The summed E-state index contributed by atoms with van der Waals surface area (Å²) in [6.45, 7) is 22.9. The Morgan fingerprint density at radius 2 is 1.03 bits per heavy atom. The average molecular weight is 963 g/mol. The van der Waals surface area contributed by atoms with Crippen molar-refractivity contribution in [2.24, 2.45) is 0 Å². The molecule has 0 saturated carbocycles. The molecule has 2 aromatic rings. The van der Waals surface area contributed by atoms with Crippen LogP contribution in [0.25, 0.3) is 0 Å². The SMILES string of the molecule is C=CC[C@@](CN(C)C(=O)CC)(c1ccc(Cl)c(Cl)c1)N(C)C(=O)OC(C)(C)C.C=CC[C@@](CNC)(c1ccc(Cl)c(Cl)c1)N(C)C(=O)OC(C)(C)C.CCC(=O)Cl.S.S. The fourth-order valence-electron chi connectivity index (χ4n) is 5.55. The molecule has 59 heavy (non-hydrogen) atoms. The minimum Gasteiger partial charge on any atom is -0.444 e. The molecule has 2 aromatic carbocycles. The molecular formula is C42H65Cl5N4O6S2. The fourth-order valence-corrected chi connectivity index (χ4v) is 6.15. The lowest BCUT2D eigenvalue weighted by Gasteiger charge is -2.44. The molecule has 0 unspecified atom stereocenters. The van der Waals surface area contributed by atoms with Crippen LogP contribution in [-0.4, -0.2) is 90.5 Å². The highest BCUT2D eigenvalue weighted by molar-refractivity contribution is 7.59. The molecule has 2 atom stereocenters. The molecule has 0 aliphatic rings. The quantitative estimate of drug-likeness (QED) is 0.148. The van der Waals surface area contributed by atoms with Crippen molar-refractivity contribution in [2.75, 3.05) is 41.3 Å². The first-order valence-electron chi connectivity index (χ1n) is 18.4. The second-order valence-electron chi connectivity index (χ2n) is 15.2. The number of nitrogens with zero attached hydrogens (tertiary/aromatic N) is 3. The van der Waals surface area contributed by atoms with Gasteiger partial charge in [0.15, 0.2) is 0 Å². The van der Waals surface area contributed by atoms with Gasteiger partial charge in [-0.15, -0.1) is 13.2 Å². The van der Waals surface area contributed by atoms with Crippen LogP contribution in [-0.2, 0) is 30.1 Å². The lowest BCUT2D eigenvalue weighted by molar-refractivity contribution is -0.131. The summed E-state index contributed by atoms with van der Waals surface area (Å²) >= 11 is 29.4. The highest BCUT2D eigenvalue weighted by Gasteiger charge is 2.43. The first-order chi connectivity index (χ1) is 26.2. The molecule has 0 fully saturated rings. The summed E-state index contributed by atoms with van der Waals surface area (Å²) in [7, 11) is 6.92. The summed E-state index contributed by atoms with van der Waals surface area (Å²) in [5.74, 6) is -0.0360. The van der Waals surface area contributed by atoms with Crippen molar-refractivity contribution >= 4 is 108 Å². The van der Waals surface area contributed by atoms with E-state index in [0.29, 0.717) is 52.3 Å². The summed E-state index contributed by atoms with van der Waals surface area (Å²) in [5.41, 5.74) is -1.24. The Morgan fingerprint density at radius 1 is 0.678 bits per heavy atom. The van der Waals surface area contributed by atoms with E-state index in [-0.39, 0.29) is 44.7 Å². The van der Waals surface area contributed by atoms with Crippen molar-refractivity contribution in [2.45, 2.75) is 103 Å². The Bertz CT molecular complexity index is 1690. The van der Waals surface area contributed by atoms with E-state index in [1.54, 1.807) is 102 Å².